The second-order valence-corrected chi connectivity index (χ2v) is 12.8. The Morgan fingerprint density at radius 3 is 2.15 bits per heavy atom. The number of β-amino-alcohol motifs (C(OH)–C–C–N with tert-alkyl or cyclic N) is 1. The first-order valence-corrected chi connectivity index (χ1v) is 14.5. The van der Waals surface area contributed by atoms with E-state index in [1.165, 1.54) is 26.7 Å². The summed E-state index contributed by atoms with van der Waals surface area (Å²) in [6.45, 7) is 11.5. The Hall–Kier alpha value is -2.45. The van der Waals surface area contributed by atoms with Gasteiger partial charge in [-0.05, 0) is 66.0 Å². The molecule has 2 rings (SSSR count). The lowest BCUT2D eigenvalue weighted by Crippen LogP contribution is -2.57. The molecule has 0 aliphatic carbocycles. The Morgan fingerprint density at radius 1 is 0.974 bits per heavy atom. The lowest BCUT2D eigenvalue weighted by atomic mass is 9.79. The van der Waals surface area contributed by atoms with Gasteiger partial charge < -0.3 is 20.8 Å². The number of carbonyl (C=O) groups is 3. The lowest BCUT2D eigenvalue weighted by molar-refractivity contribution is -0.153. The number of carboxylic acids is 1. The summed E-state index contributed by atoms with van der Waals surface area (Å²) < 4.78 is 0. The highest BCUT2D eigenvalue weighted by atomic mass is 16.4. The van der Waals surface area contributed by atoms with Gasteiger partial charge in [-0.25, -0.2) is 0 Å². The average molecular weight is 546 g/mol. The molecule has 1 saturated heterocycles. The van der Waals surface area contributed by atoms with E-state index in [2.05, 4.69) is 15.5 Å². The van der Waals surface area contributed by atoms with E-state index in [1.54, 1.807) is 6.92 Å². The maximum Gasteiger partial charge on any atom is 0.309 e. The van der Waals surface area contributed by atoms with Gasteiger partial charge in [0.15, 0.2) is 0 Å². The number of nitrogens with zero attached hydrogens (tertiary/aromatic N) is 1. The molecule has 1 fully saturated rings. The van der Waals surface area contributed by atoms with Crippen molar-refractivity contribution in [3.63, 3.8) is 0 Å². The molecule has 4 atom stereocenters. The van der Waals surface area contributed by atoms with Gasteiger partial charge in [-0.1, -0.05) is 69.4 Å². The van der Waals surface area contributed by atoms with Gasteiger partial charge in [-0.3, -0.25) is 19.3 Å². The molecule has 8 heteroatoms. The summed E-state index contributed by atoms with van der Waals surface area (Å²) in [7, 11) is 0. The monoisotopic (exact) mass is 545 g/mol. The highest BCUT2D eigenvalue weighted by Crippen LogP contribution is 2.27. The van der Waals surface area contributed by atoms with E-state index >= 15 is 0 Å². The summed E-state index contributed by atoms with van der Waals surface area (Å²) >= 11 is 0. The molecule has 0 radical (unpaired) electrons. The molecule has 220 valence electrons. The van der Waals surface area contributed by atoms with Gasteiger partial charge in [-0.2, -0.15) is 0 Å². The van der Waals surface area contributed by atoms with Crippen molar-refractivity contribution in [3.05, 3.63) is 35.9 Å². The Labute approximate surface area is 234 Å². The molecule has 0 saturated carbocycles. The Balaban J connectivity index is 2.31. The van der Waals surface area contributed by atoms with E-state index < -0.39 is 35.4 Å². The normalized spacial score (nSPS) is 20.3. The molecule has 1 aliphatic heterocycles. The van der Waals surface area contributed by atoms with Crippen molar-refractivity contribution in [1.82, 2.24) is 15.5 Å². The SMILES string of the molecule is CC(C(=O)NC(Cc1ccccc1)C(O)CN1CCCCCCCCC1C(=O)NC(C)(C)C)C(C)(C)C(=O)O. The number of carboxylic acid groups (broad SMARTS) is 1. The first-order valence-electron chi connectivity index (χ1n) is 14.5. The number of rotatable bonds is 10. The fraction of sp³-hybridized carbons (Fsp3) is 0.710. The molecule has 1 aromatic carbocycles. The number of hydrogen-bond donors (Lipinski definition) is 4. The standard InChI is InChI=1S/C31H51N3O5/c1-22(31(5,6)29(38)39)27(36)32-24(20-23-16-12-11-13-17-23)26(35)21-34-19-15-10-8-7-9-14-18-25(34)28(37)33-30(2,3)4/h11-13,16-17,22,24-26,35H,7-10,14-15,18-21H2,1-6H3,(H,32,36)(H,33,37)(H,38,39). The van der Waals surface area contributed by atoms with Crippen LogP contribution in [0, 0.1) is 11.3 Å². The van der Waals surface area contributed by atoms with Crippen molar-refractivity contribution >= 4 is 17.8 Å². The third kappa shape index (κ3) is 10.6. The minimum atomic E-state index is -1.26. The van der Waals surface area contributed by atoms with E-state index in [-0.39, 0.29) is 24.0 Å². The van der Waals surface area contributed by atoms with E-state index in [4.69, 9.17) is 0 Å². The number of amides is 2. The predicted octanol–water partition coefficient (Wildman–Crippen LogP) is 4.15. The minimum absolute atomic E-state index is 0.0317. The van der Waals surface area contributed by atoms with Crippen LogP contribution in [-0.2, 0) is 20.8 Å². The number of nitrogens with one attached hydrogen (secondary N) is 2. The molecule has 0 bridgehead atoms. The van der Waals surface area contributed by atoms with Gasteiger partial charge in [0.25, 0.3) is 0 Å². The third-order valence-electron chi connectivity index (χ3n) is 7.95. The number of benzene rings is 1. The summed E-state index contributed by atoms with van der Waals surface area (Å²) in [6, 6.07) is 8.61. The number of aliphatic hydroxyl groups excluding tert-OH is 1. The minimum Gasteiger partial charge on any atom is -0.481 e. The van der Waals surface area contributed by atoms with Crippen LogP contribution in [0.2, 0.25) is 0 Å². The molecule has 4 unspecified atom stereocenters. The predicted molar refractivity (Wildman–Crippen MR) is 154 cm³/mol. The summed E-state index contributed by atoms with van der Waals surface area (Å²) in [5.74, 6) is -2.30. The van der Waals surface area contributed by atoms with E-state index in [9.17, 15) is 24.6 Å². The molecule has 4 N–H and O–H groups in total. The van der Waals surface area contributed by atoms with Gasteiger partial charge in [0.05, 0.1) is 29.5 Å². The van der Waals surface area contributed by atoms with Crippen LogP contribution >= 0.6 is 0 Å². The van der Waals surface area contributed by atoms with Gasteiger partial charge in [-0.15, -0.1) is 0 Å². The Morgan fingerprint density at radius 2 is 1.56 bits per heavy atom. The van der Waals surface area contributed by atoms with Gasteiger partial charge >= 0.3 is 5.97 Å². The molecule has 2 amide bonds. The van der Waals surface area contributed by atoms with Crippen molar-refractivity contribution in [1.29, 1.82) is 0 Å². The molecule has 0 spiro atoms. The maximum absolute atomic E-state index is 13.4. The van der Waals surface area contributed by atoms with Crippen LogP contribution in [0.25, 0.3) is 0 Å². The lowest BCUT2D eigenvalue weighted by Gasteiger charge is -2.37. The summed E-state index contributed by atoms with van der Waals surface area (Å²) in [5.41, 5.74) is -0.675. The fourth-order valence-corrected chi connectivity index (χ4v) is 5.01. The smallest absolute Gasteiger partial charge is 0.309 e. The third-order valence-corrected chi connectivity index (χ3v) is 7.95. The van der Waals surface area contributed by atoms with Crippen LogP contribution in [0.15, 0.2) is 30.3 Å². The van der Waals surface area contributed by atoms with Crippen molar-refractivity contribution in [2.24, 2.45) is 11.3 Å². The second kappa shape index (κ2) is 14.8. The Bertz CT molecular complexity index is 928. The van der Waals surface area contributed by atoms with Crippen LogP contribution in [0.3, 0.4) is 0 Å². The van der Waals surface area contributed by atoms with E-state index in [1.807, 2.05) is 51.1 Å². The number of aliphatic carboxylic acids is 1. The maximum atomic E-state index is 13.4. The molecule has 1 aliphatic rings. The van der Waals surface area contributed by atoms with Crippen LogP contribution in [0.4, 0.5) is 0 Å². The highest BCUT2D eigenvalue weighted by molar-refractivity contribution is 5.86. The summed E-state index contributed by atoms with van der Waals surface area (Å²) in [5, 5.41) is 27.3. The van der Waals surface area contributed by atoms with Crippen molar-refractivity contribution in [3.8, 4) is 0 Å². The molecule has 39 heavy (non-hydrogen) atoms. The number of hydrogen-bond acceptors (Lipinski definition) is 5. The zero-order valence-corrected chi connectivity index (χ0v) is 24.8. The second-order valence-electron chi connectivity index (χ2n) is 12.8. The fourth-order valence-electron chi connectivity index (χ4n) is 5.01. The first kappa shape index (κ1) is 32.8. The molecular formula is C31H51N3O5. The Kier molecular flexibility index (Phi) is 12.4. The molecule has 1 aromatic rings. The zero-order valence-electron chi connectivity index (χ0n) is 24.8. The van der Waals surface area contributed by atoms with E-state index in [0.29, 0.717) is 19.4 Å². The van der Waals surface area contributed by atoms with Crippen LogP contribution in [0.5, 0.6) is 0 Å². The molecule has 0 aromatic heterocycles. The topological polar surface area (TPSA) is 119 Å². The van der Waals surface area contributed by atoms with Crippen LogP contribution < -0.4 is 10.6 Å². The average Bonchev–Trinajstić information content (AvgIpc) is 2.86. The summed E-state index contributed by atoms with van der Waals surface area (Å²) in [4.78, 5) is 40.5. The molecule has 8 nitrogen and oxygen atoms in total. The van der Waals surface area contributed by atoms with Gasteiger partial charge in [0, 0.05) is 12.1 Å². The number of aliphatic hydroxyl groups is 1. The highest BCUT2D eigenvalue weighted by Gasteiger charge is 2.40. The quantitative estimate of drug-likeness (QED) is 0.351. The molecule has 1 heterocycles. The van der Waals surface area contributed by atoms with Crippen LogP contribution in [-0.4, -0.2) is 69.7 Å². The van der Waals surface area contributed by atoms with Crippen molar-refractivity contribution < 1.29 is 24.6 Å². The van der Waals surface area contributed by atoms with Crippen molar-refractivity contribution in [2.45, 2.75) is 117 Å². The van der Waals surface area contributed by atoms with Gasteiger partial charge in [0.2, 0.25) is 11.8 Å². The van der Waals surface area contributed by atoms with Crippen LogP contribution in [0.1, 0.15) is 92.1 Å². The van der Waals surface area contributed by atoms with Crippen molar-refractivity contribution in [2.75, 3.05) is 13.1 Å². The van der Waals surface area contributed by atoms with E-state index in [0.717, 1.165) is 31.2 Å². The number of carbonyl (C=O) groups excluding carboxylic acids is 2. The van der Waals surface area contributed by atoms with Gasteiger partial charge in [0.1, 0.15) is 0 Å². The largest absolute Gasteiger partial charge is 0.481 e. The summed E-state index contributed by atoms with van der Waals surface area (Å²) in [6.07, 6.45) is 6.53. The zero-order chi connectivity index (χ0) is 29.2. The molecular weight excluding hydrogens is 494 g/mol. The first-order chi connectivity index (χ1) is 18.2.